The minimum atomic E-state index is -0.803. The molecule has 29 heavy (non-hydrogen) atoms. The molecule has 13 nitrogen and oxygen atoms in total. The summed E-state index contributed by atoms with van der Waals surface area (Å²) in [5.74, 6) is 0. The number of hydrogen-bond acceptors (Lipinski definition) is 11. The largest absolute Gasteiger partial charge is 0.377 e. The quantitative estimate of drug-likeness (QED) is 0.0882. The highest BCUT2D eigenvalue weighted by Crippen LogP contribution is 2.29. The molecule has 1 saturated heterocycles. The van der Waals surface area contributed by atoms with Gasteiger partial charge in [0, 0.05) is 37.6 Å². The predicted octanol–water partition coefficient (Wildman–Crippen LogP) is -1.95. The molecule has 1 aliphatic rings. The van der Waals surface area contributed by atoms with Gasteiger partial charge in [-0.3, -0.25) is 0 Å². The Morgan fingerprint density at radius 1 is 0.759 bits per heavy atom. The molecular weight excluding hydrogens is 386 g/mol. The molecule has 0 bridgehead atoms. The van der Waals surface area contributed by atoms with Gasteiger partial charge >= 0.3 is 0 Å². The molecule has 0 amide bonds. The summed E-state index contributed by atoms with van der Waals surface area (Å²) in [6, 6.07) is 0. The summed E-state index contributed by atoms with van der Waals surface area (Å²) in [5, 5.41) is 3.46. The summed E-state index contributed by atoms with van der Waals surface area (Å²) >= 11 is 0. The Bertz CT molecular complexity index is 457. The molecule has 1 fully saturated rings. The Morgan fingerprint density at radius 2 is 1.34 bits per heavy atom. The lowest BCUT2D eigenvalue weighted by atomic mass is 9.98. The van der Waals surface area contributed by atoms with E-state index in [4.69, 9.17) is 56.9 Å². The van der Waals surface area contributed by atoms with Gasteiger partial charge in [-0.2, -0.15) is 0 Å². The molecule has 1 rings (SSSR count). The monoisotopic (exact) mass is 421 g/mol. The maximum atomic E-state index is 8.44. The van der Waals surface area contributed by atoms with Crippen LogP contribution in [0.2, 0.25) is 0 Å². The summed E-state index contributed by atoms with van der Waals surface area (Å²) < 4.78 is 35.2. The molecule has 170 valence electrons. The van der Waals surface area contributed by atoms with Crippen molar-refractivity contribution in [3.63, 3.8) is 0 Å². The highest BCUT2D eigenvalue weighted by atomic mass is 16.7. The molecule has 0 spiro atoms. The van der Waals surface area contributed by atoms with Gasteiger partial charge in [-0.15, -0.1) is 0 Å². The lowest BCUT2D eigenvalue weighted by Crippen LogP contribution is -2.62. The van der Waals surface area contributed by atoms with Gasteiger partial charge in [0.2, 0.25) is 0 Å². The highest BCUT2D eigenvalue weighted by molar-refractivity contribution is 4.93. The van der Waals surface area contributed by atoms with E-state index in [1.165, 1.54) is 0 Å². The van der Waals surface area contributed by atoms with Crippen LogP contribution in [0.25, 0.3) is 10.4 Å². The summed E-state index contributed by atoms with van der Waals surface area (Å²) in [4.78, 5) is 2.71. The van der Waals surface area contributed by atoms with Crippen molar-refractivity contribution in [3.8, 4) is 0 Å². The van der Waals surface area contributed by atoms with Gasteiger partial charge < -0.3 is 51.4 Å². The summed E-state index contributed by atoms with van der Waals surface area (Å²) in [5.41, 5.74) is 30.8. The summed E-state index contributed by atoms with van der Waals surface area (Å²) in [7, 11) is 0. The van der Waals surface area contributed by atoms with Crippen molar-refractivity contribution in [2.75, 3.05) is 72.4 Å². The third kappa shape index (κ3) is 9.51. The number of azide groups is 1. The normalized spacial score (nSPS) is 27.0. The molecule has 13 heteroatoms. The average molecular weight is 421 g/mol. The Labute approximate surface area is 170 Å². The Balaban J connectivity index is 3.02. The maximum absolute atomic E-state index is 8.44. The van der Waals surface area contributed by atoms with Crippen LogP contribution in [0, 0.1) is 0 Å². The Hall–Kier alpha value is -1.09. The van der Waals surface area contributed by atoms with Crippen molar-refractivity contribution in [1.29, 1.82) is 0 Å². The van der Waals surface area contributed by atoms with E-state index in [-0.39, 0.29) is 33.0 Å². The highest BCUT2D eigenvalue weighted by Gasteiger charge is 2.48. The molecule has 0 radical (unpaired) electrons. The van der Waals surface area contributed by atoms with Gasteiger partial charge in [-0.1, -0.05) is 5.11 Å². The van der Waals surface area contributed by atoms with Gasteiger partial charge in [-0.25, -0.2) is 0 Å². The second-order valence-corrected chi connectivity index (χ2v) is 6.10. The fraction of sp³-hybridized carbons (Fsp3) is 1.00. The van der Waals surface area contributed by atoms with E-state index in [0.717, 1.165) is 0 Å². The molecule has 5 atom stereocenters. The van der Waals surface area contributed by atoms with E-state index in [0.29, 0.717) is 39.4 Å². The molecule has 0 unspecified atom stereocenters. The first kappa shape index (κ1) is 25.9. The van der Waals surface area contributed by atoms with Crippen LogP contribution in [-0.2, 0) is 28.4 Å². The Kier molecular flexibility index (Phi) is 14.9. The van der Waals surface area contributed by atoms with Gasteiger partial charge in [-0.05, 0) is 5.53 Å². The van der Waals surface area contributed by atoms with Crippen molar-refractivity contribution in [2.24, 2.45) is 28.0 Å². The first-order valence-corrected chi connectivity index (χ1v) is 9.74. The Morgan fingerprint density at radius 3 is 1.93 bits per heavy atom. The second kappa shape index (κ2) is 16.7. The van der Waals surface area contributed by atoms with Crippen molar-refractivity contribution in [3.05, 3.63) is 10.4 Å². The zero-order chi connectivity index (χ0) is 21.3. The standard InChI is InChI=1S/C16H35N7O6/c17-1-6-24-11-12-13(25-7-2-18)14(26-8-3-19)15(27-9-4-20)16(29-12)28-10-5-22-23-21/h12-16H,1-11,17-20H2/t12-,13-,14+,15+,16+/m1/s1. The molecule has 1 aliphatic heterocycles. The topological polar surface area (TPSA) is 208 Å². The number of nitrogens with zero attached hydrogens (tertiary/aromatic N) is 3. The lowest BCUT2D eigenvalue weighted by molar-refractivity contribution is -0.322. The van der Waals surface area contributed by atoms with Gasteiger partial charge in [0.05, 0.1) is 39.6 Å². The molecule has 1 heterocycles. The smallest absolute Gasteiger partial charge is 0.186 e. The van der Waals surface area contributed by atoms with Crippen LogP contribution in [0.4, 0.5) is 0 Å². The third-order valence-corrected chi connectivity index (χ3v) is 3.96. The van der Waals surface area contributed by atoms with Gasteiger partial charge in [0.15, 0.2) is 6.29 Å². The molecule has 8 N–H and O–H groups in total. The molecule has 0 aromatic carbocycles. The zero-order valence-electron chi connectivity index (χ0n) is 16.8. The van der Waals surface area contributed by atoms with Gasteiger partial charge in [0.25, 0.3) is 0 Å². The molecule has 0 aliphatic carbocycles. The van der Waals surface area contributed by atoms with Crippen molar-refractivity contribution in [2.45, 2.75) is 30.7 Å². The lowest BCUT2D eigenvalue weighted by Gasteiger charge is -2.45. The van der Waals surface area contributed by atoms with Crippen LogP contribution in [0.3, 0.4) is 0 Å². The summed E-state index contributed by atoms with van der Waals surface area (Å²) in [6.45, 7) is 3.07. The van der Waals surface area contributed by atoms with E-state index in [2.05, 4.69) is 10.0 Å². The number of rotatable bonds is 17. The van der Waals surface area contributed by atoms with Crippen LogP contribution in [-0.4, -0.2) is 103 Å². The fourth-order valence-corrected chi connectivity index (χ4v) is 2.86. The van der Waals surface area contributed by atoms with Crippen LogP contribution in [0.15, 0.2) is 5.11 Å². The number of hydrogen-bond donors (Lipinski definition) is 4. The molecule has 0 saturated carbocycles. The average Bonchev–Trinajstić information content (AvgIpc) is 2.73. The van der Waals surface area contributed by atoms with Gasteiger partial charge in [0.1, 0.15) is 24.4 Å². The SMILES string of the molecule is [N-]=[N+]=NCCO[C@H]1O[C@H](COCCN)[C@@H](OCCN)[C@H](OCCN)[C@@H]1OCCN. The molecular formula is C16H35N7O6. The van der Waals surface area contributed by atoms with E-state index in [1.807, 2.05) is 0 Å². The van der Waals surface area contributed by atoms with Crippen molar-refractivity contribution < 1.29 is 28.4 Å². The van der Waals surface area contributed by atoms with E-state index >= 15 is 0 Å². The van der Waals surface area contributed by atoms with Crippen molar-refractivity contribution in [1.82, 2.24) is 0 Å². The van der Waals surface area contributed by atoms with Crippen LogP contribution < -0.4 is 22.9 Å². The minimum Gasteiger partial charge on any atom is -0.377 e. The summed E-state index contributed by atoms with van der Waals surface area (Å²) in [6.07, 6.45) is -3.03. The molecule has 0 aromatic rings. The minimum absolute atomic E-state index is 0.144. The van der Waals surface area contributed by atoms with E-state index in [1.54, 1.807) is 0 Å². The second-order valence-electron chi connectivity index (χ2n) is 6.10. The van der Waals surface area contributed by atoms with Crippen LogP contribution in [0.5, 0.6) is 0 Å². The van der Waals surface area contributed by atoms with E-state index < -0.39 is 30.7 Å². The number of ether oxygens (including phenoxy) is 6. The third-order valence-electron chi connectivity index (χ3n) is 3.96. The number of nitrogens with two attached hydrogens (primary N) is 4. The molecule has 0 aromatic heterocycles. The fourth-order valence-electron chi connectivity index (χ4n) is 2.86. The maximum Gasteiger partial charge on any atom is 0.186 e. The van der Waals surface area contributed by atoms with Crippen LogP contribution >= 0.6 is 0 Å². The predicted molar refractivity (Wildman–Crippen MR) is 105 cm³/mol. The van der Waals surface area contributed by atoms with E-state index in [9.17, 15) is 0 Å². The van der Waals surface area contributed by atoms with Crippen LogP contribution in [0.1, 0.15) is 0 Å². The zero-order valence-corrected chi connectivity index (χ0v) is 16.8. The first-order valence-electron chi connectivity index (χ1n) is 9.74. The van der Waals surface area contributed by atoms with Crippen molar-refractivity contribution >= 4 is 0 Å². The first-order chi connectivity index (χ1) is 14.2.